The van der Waals surface area contributed by atoms with Crippen molar-refractivity contribution >= 4 is 11.9 Å². The van der Waals surface area contributed by atoms with Crippen LogP contribution in [0.15, 0.2) is 36.5 Å². The number of aromatic nitrogens is 3. The van der Waals surface area contributed by atoms with Gasteiger partial charge in [0.15, 0.2) is 5.69 Å². The molecule has 0 spiro atoms. The maximum atomic E-state index is 12.1. The quantitative estimate of drug-likeness (QED) is 0.772. The molecule has 7 heteroatoms. The molecule has 1 atom stereocenters. The number of unbranched alkanes of at least 4 members (excludes halogenated alkanes) is 1. The SMILES string of the molecule is CCCCC(NC(=O)c1cn(Cc2ccccc2)nn1)C(=O)O. The Morgan fingerprint density at radius 2 is 2.04 bits per heavy atom. The Bertz CT molecular complexity index is 654. The minimum atomic E-state index is -1.04. The van der Waals surface area contributed by atoms with Gasteiger partial charge in [0.25, 0.3) is 5.91 Å². The molecule has 0 radical (unpaired) electrons. The van der Waals surface area contributed by atoms with Gasteiger partial charge in [0.2, 0.25) is 0 Å². The summed E-state index contributed by atoms with van der Waals surface area (Å²) in [5.74, 6) is -1.56. The Hall–Kier alpha value is -2.70. The number of nitrogens with one attached hydrogen (secondary N) is 1. The number of rotatable bonds is 8. The summed E-state index contributed by atoms with van der Waals surface area (Å²) in [6, 6.07) is 8.77. The van der Waals surface area contributed by atoms with Crippen LogP contribution in [-0.4, -0.2) is 38.0 Å². The zero-order valence-corrected chi connectivity index (χ0v) is 13.0. The van der Waals surface area contributed by atoms with Crippen LogP contribution in [0.4, 0.5) is 0 Å². The minimum Gasteiger partial charge on any atom is -0.480 e. The Morgan fingerprint density at radius 3 is 2.70 bits per heavy atom. The van der Waals surface area contributed by atoms with Crippen LogP contribution < -0.4 is 5.32 Å². The lowest BCUT2D eigenvalue weighted by Crippen LogP contribution is -2.40. The summed E-state index contributed by atoms with van der Waals surface area (Å²) in [6.07, 6.45) is 3.52. The molecular weight excluding hydrogens is 296 g/mol. The molecule has 1 aromatic carbocycles. The van der Waals surface area contributed by atoms with Crippen molar-refractivity contribution in [1.29, 1.82) is 0 Å². The standard InChI is InChI=1S/C16H20N4O3/c1-2-3-9-13(16(22)23)17-15(21)14-11-20(19-18-14)10-12-7-5-4-6-8-12/h4-8,11,13H,2-3,9-10H2,1H3,(H,17,21)(H,22,23). The van der Waals surface area contributed by atoms with Crippen LogP contribution >= 0.6 is 0 Å². The fourth-order valence-electron chi connectivity index (χ4n) is 2.15. The summed E-state index contributed by atoms with van der Waals surface area (Å²) in [7, 11) is 0. The Balaban J connectivity index is 1.98. The van der Waals surface area contributed by atoms with Crippen molar-refractivity contribution in [2.75, 3.05) is 0 Å². The topological polar surface area (TPSA) is 97.1 Å². The number of nitrogens with zero attached hydrogens (tertiary/aromatic N) is 3. The van der Waals surface area contributed by atoms with Gasteiger partial charge in [-0.1, -0.05) is 55.3 Å². The second-order valence-corrected chi connectivity index (χ2v) is 5.29. The second kappa shape index (κ2) is 8.07. The van der Waals surface area contributed by atoms with Gasteiger partial charge in [-0.15, -0.1) is 5.10 Å². The molecule has 2 aromatic rings. The first-order valence-corrected chi connectivity index (χ1v) is 7.58. The van der Waals surface area contributed by atoms with Gasteiger partial charge >= 0.3 is 5.97 Å². The molecule has 1 amide bonds. The van der Waals surface area contributed by atoms with Gasteiger partial charge in [0.05, 0.1) is 12.7 Å². The van der Waals surface area contributed by atoms with E-state index in [0.29, 0.717) is 13.0 Å². The fraction of sp³-hybridized carbons (Fsp3) is 0.375. The van der Waals surface area contributed by atoms with Crippen LogP contribution in [0.3, 0.4) is 0 Å². The highest BCUT2D eigenvalue weighted by molar-refractivity contribution is 5.94. The lowest BCUT2D eigenvalue weighted by molar-refractivity contribution is -0.139. The van der Waals surface area contributed by atoms with Crippen molar-refractivity contribution in [3.05, 3.63) is 47.8 Å². The average molecular weight is 316 g/mol. The Morgan fingerprint density at radius 1 is 1.30 bits per heavy atom. The van der Waals surface area contributed by atoms with Crippen LogP contribution in [0.25, 0.3) is 0 Å². The van der Waals surface area contributed by atoms with Crippen molar-refractivity contribution in [3.8, 4) is 0 Å². The number of carbonyl (C=O) groups excluding carboxylic acids is 1. The lowest BCUT2D eigenvalue weighted by Gasteiger charge is -2.12. The second-order valence-electron chi connectivity index (χ2n) is 5.29. The van der Waals surface area contributed by atoms with Crippen LogP contribution in [-0.2, 0) is 11.3 Å². The van der Waals surface area contributed by atoms with Gasteiger partial charge < -0.3 is 10.4 Å². The first kappa shape index (κ1) is 16.7. The van der Waals surface area contributed by atoms with Crippen LogP contribution in [0, 0.1) is 0 Å². The highest BCUT2D eigenvalue weighted by Crippen LogP contribution is 2.05. The third kappa shape index (κ3) is 4.91. The summed E-state index contributed by atoms with van der Waals surface area (Å²) >= 11 is 0. The molecule has 2 rings (SSSR count). The van der Waals surface area contributed by atoms with E-state index in [9.17, 15) is 9.59 Å². The molecule has 23 heavy (non-hydrogen) atoms. The third-order valence-corrected chi connectivity index (χ3v) is 3.41. The van der Waals surface area contributed by atoms with Crippen molar-refractivity contribution in [1.82, 2.24) is 20.3 Å². The van der Waals surface area contributed by atoms with Gasteiger partial charge in [0, 0.05) is 0 Å². The molecule has 0 aliphatic carbocycles. The summed E-state index contributed by atoms with van der Waals surface area (Å²) in [4.78, 5) is 23.3. The number of amides is 1. The average Bonchev–Trinajstić information content (AvgIpc) is 3.00. The molecule has 0 fully saturated rings. The lowest BCUT2D eigenvalue weighted by atomic mass is 10.1. The van der Waals surface area contributed by atoms with Gasteiger partial charge in [0.1, 0.15) is 6.04 Å². The van der Waals surface area contributed by atoms with Gasteiger partial charge in [-0.05, 0) is 12.0 Å². The molecule has 7 nitrogen and oxygen atoms in total. The minimum absolute atomic E-state index is 0.115. The van der Waals surface area contributed by atoms with Gasteiger partial charge in [-0.25, -0.2) is 9.48 Å². The first-order valence-electron chi connectivity index (χ1n) is 7.58. The van der Waals surface area contributed by atoms with Crippen LogP contribution in [0.1, 0.15) is 42.2 Å². The highest BCUT2D eigenvalue weighted by atomic mass is 16.4. The number of carboxylic acids is 1. The summed E-state index contributed by atoms with van der Waals surface area (Å²) in [6.45, 7) is 2.47. The molecule has 0 bridgehead atoms. The van der Waals surface area contributed by atoms with Gasteiger partial charge in [-0.3, -0.25) is 4.79 Å². The van der Waals surface area contributed by atoms with E-state index in [1.807, 2.05) is 37.3 Å². The molecule has 122 valence electrons. The Kier molecular flexibility index (Phi) is 5.85. The first-order chi connectivity index (χ1) is 11.1. The zero-order valence-electron chi connectivity index (χ0n) is 13.0. The molecule has 0 saturated heterocycles. The number of hydrogen-bond donors (Lipinski definition) is 2. The van der Waals surface area contributed by atoms with E-state index < -0.39 is 17.9 Å². The maximum Gasteiger partial charge on any atom is 0.326 e. The highest BCUT2D eigenvalue weighted by Gasteiger charge is 2.21. The normalized spacial score (nSPS) is 11.9. The van der Waals surface area contributed by atoms with E-state index in [4.69, 9.17) is 5.11 Å². The molecule has 1 unspecified atom stereocenters. The monoisotopic (exact) mass is 316 g/mol. The largest absolute Gasteiger partial charge is 0.480 e. The third-order valence-electron chi connectivity index (χ3n) is 3.41. The van der Waals surface area contributed by atoms with E-state index in [2.05, 4.69) is 15.6 Å². The van der Waals surface area contributed by atoms with Crippen LogP contribution in [0.2, 0.25) is 0 Å². The molecule has 1 aromatic heterocycles. The summed E-state index contributed by atoms with van der Waals surface area (Å²) < 4.78 is 1.55. The molecule has 0 aliphatic heterocycles. The number of carbonyl (C=O) groups is 2. The van der Waals surface area contributed by atoms with E-state index in [1.54, 1.807) is 4.68 Å². The van der Waals surface area contributed by atoms with Gasteiger partial charge in [-0.2, -0.15) is 0 Å². The van der Waals surface area contributed by atoms with Crippen molar-refractivity contribution in [3.63, 3.8) is 0 Å². The number of hydrogen-bond acceptors (Lipinski definition) is 4. The Labute approximate surface area is 134 Å². The molecule has 1 heterocycles. The van der Waals surface area contributed by atoms with E-state index in [0.717, 1.165) is 18.4 Å². The van der Waals surface area contributed by atoms with Crippen molar-refractivity contribution < 1.29 is 14.7 Å². The van der Waals surface area contributed by atoms with E-state index in [-0.39, 0.29) is 5.69 Å². The van der Waals surface area contributed by atoms with Crippen molar-refractivity contribution in [2.24, 2.45) is 0 Å². The van der Waals surface area contributed by atoms with E-state index >= 15 is 0 Å². The summed E-state index contributed by atoms with van der Waals surface area (Å²) in [5.41, 5.74) is 1.15. The molecule has 2 N–H and O–H groups in total. The smallest absolute Gasteiger partial charge is 0.326 e. The number of carboxylic acid groups (broad SMARTS) is 1. The summed E-state index contributed by atoms with van der Waals surface area (Å²) in [5, 5.41) is 19.3. The van der Waals surface area contributed by atoms with E-state index in [1.165, 1.54) is 6.20 Å². The van der Waals surface area contributed by atoms with Crippen LogP contribution in [0.5, 0.6) is 0 Å². The number of aliphatic carboxylic acids is 1. The van der Waals surface area contributed by atoms with Crippen molar-refractivity contribution in [2.45, 2.75) is 38.8 Å². The molecule has 0 aliphatic rings. The predicted molar refractivity (Wildman–Crippen MR) is 84.0 cm³/mol. The maximum absolute atomic E-state index is 12.1. The number of benzene rings is 1. The molecular formula is C16H20N4O3. The predicted octanol–water partition coefficient (Wildman–Crippen LogP) is 1.70. The molecule has 0 saturated carbocycles. The fourth-order valence-corrected chi connectivity index (χ4v) is 2.15. The zero-order chi connectivity index (χ0) is 16.7.